The predicted molar refractivity (Wildman–Crippen MR) is 476 cm³/mol. The van der Waals surface area contributed by atoms with Crippen molar-refractivity contribution in [2.45, 2.75) is 35.5 Å². The molecule has 0 amide bonds. The molecule has 3 aromatic heterocycles. The van der Waals surface area contributed by atoms with Crippen LogP contribution in [0, 0.1) is 0 Å². The first kappa shape index (κ1) is 66.0. The molecule has 6 atom stereocenters. The lowest BCUT2D eigenvalue weighted by Crippen LogP contribution is -2.29. The summed E-state index contributed by atoms with van der Waals surface area (Å²) < 4.78 is 4.69. The molecule has 116 heavy (non-hydrogen) atoms. The Kier molecular flexibility index (Phi) is 15.1. The summed E-state index contributed by atoms with van der Waals surface area (Å²) in [6.45, 7) is 0. The fraction of sp³-hybridized carbons (Fsp3) is 0.0541. The van der Waals surface area contributed by atoms with E-state index >= 15 is 0 Å². The number of rotatable bonds is 11. The van der Waals surface area contributed by atoms with E-state index in [1.54, 1.807) is 0 Å². The van der Waals surface area contributed by atoms with E-state index in [1.165, 1.54) is 144 Å². The van der Waals surface area contributed by atoms with E-state index < -0.39 is 0 Å². The topological polar surface area (TPSA) is 48.5 Å². The zero-order valence-electron chi connectivity index (χ0n) is 63.4. The van der Waals surface area contributed by atoms with Crippen molar-refractivity contribution in [3.8, 4) is 112 Å². The van der Waals surface area contributed by atoms with Crippen LogP contribution in [0.25, 0.3) is 156 Å². The van der Waals surface area contributed by atoms with Crippen molar-refractivity contribution in [1.82, 2.24) is 24.1 Å². The number of hydrogen-bond acceptors (Lipinski definition) is 3. The van der Waals surface area contributed by atoms with Crippen molar-refractivity contribution in [3.05, 3.63) is 462 Å². The highest BCUT2D eigenvalue weighted by Crippen LogP contribution is 2.65. The molecule has 0 fully saturated rings. The molecule has 20 aromatic rings. The molecule has 3 heterocycles. The van der Waals surface area contributed by atoms with Crippen molar-refractivity contribution in [1.29, 1.82) is 0 Å². The van der Waals surface area contributed by atoms with E-state index in [4.69, 9.17) is 15.0 Å². The molecule has 0 saturated carbocycles. The number of aromatic nitrogens is 5. The minimum Gasteiger partial charge on any atom is -0.309 e. The van der Waals surface area contributed by atoms with Crippen LogP contribution in [0.3, 0.4) is 0 Å². The molecule has 17 aromatic carbocycles. The van der Waals surface area contributed by atoms with Gasteiger partial charge in [0.25, 0.3) is 0 Å². The number of fused-ring (bicyclic) bond motifs is 14. The zero-order valence-corrected chi connectivity index (χ0v) is 63.4. The van der Waals surface area contributed by atoms with Gasteiger partial charge in [-0.15, -0.1) is 0 Å². The van der Waals surface area contributed by atoms with Gasteiger partial charge >= 0.3 is 0 Å². The van der Waals surface area contributed by atoms with Crippen LogP contribution >= 0.6 is 0 Å². The number of para-hydroxylation sites is 2. The van der Waals surface area contributed by atoms with Gasteiger partial charge in [-0.2, -0.15) is 9.97 Å². The lowest BCUT2D eigenvalue weighted by atomic mass is 9.57. The average Bonchev–Trinajstić information content (AvgIpc) is 0.986. The molecule has 4 aliphatic rings. The van der Waals surface area contributed by atoms with Crippen LogP contribution in [0.15, 0.2) is 406 Å². The van der Waals surface area contributed by atoms with Gasteiger partial charge in [0.2, 0.25) is 5.95 Å². The molecule has 6 unspecified atom stereocenters. The normalized spacial score (nSPS) is 16.6. The molecule has 0 saturated heterocycles. The van der Waals surface area contributed by atoms with Crippen molar-refractivity contribution in [2.75, 3.05) is 0 Å². The second-order valence-corrected chi connectivity index (χ2v) is 31.9. The molecule has 24 rings (SSSR count). The number of nitrogens with zero attached hydrogens (tertiary/aromatic N) is 5. The van der Waals surface area contributed by atoms with Crippen LogP contribution in [-0.4, -0.2) is 24.1 Å². The summed E-state index contributed by atoms with van der Waals surface area (Å²) >= 11 is 0. The highest BCUT2D eigenvalue weighted by atomic mass is 15.2. The predicted octanol–water partition coefficient (Wildman–Crippen LogP) is 27.8. The minimum absolute atomic E-state index is 0.0305. The summed E-state index contributed by atoms with van der Waals surface area (Å²) in [6.07, 6.45) is 0. The smallest absolute Gasteiger partial charge is 0.238 e. The quantitative estimate of drug-likeness (QED) is 0.130. The third-order valence-corrected chi connectivity index (χ3v) is 25.9. The first-order valence-corrected chi connectivity index (χ1v) is 40.6. The van der Waals surface area contributed by atoms with Crippen molar-refractivity contribution in [3.63, 3.8) is 0 Å². The van der Waals surface area contributed by atoms with Gasteiger partial charge in [0.05, 0.1) is 22.1 Å². The van der Waals surface area contributed by atoms with Crippen LogP contribution in [0.1, 0.15) is 91.1 Å². The molecule has 0 N–H and O–H groups in total. The van der Waals surface area contributed by atoms with Gasteiger partial charge in [-0.05, 0) is 194 Å². The highest BCUT2D eigenvalue weighted by molar-refractivity contribution is 6.12. The maximum atomic E-state index is 5.22. The Morgan fingerprint density at radius 2 is 0.517 bits per heavy atom. The molecular formula is C111H73N5. The van der Waals surface area contributed by atoms with Crippen molar-refractivity contribution >= 4 is 43.6 Å². The van der Waals surface area contributed by atoms with E-state index in [1.807, 2.05) is 36.4 Å². The van der Waals surface area contributed by atoms with Crippen LogP contribution < -0.4 is 0 Å². The van der Waals surface area contributed by atoms with Gasteiger partial charge in [-0.3, -0.25) is 4.57 Å². The highest BCUT2D eigenvalue weighted by Gasteiger charge is 2.47. The van der Waals surface area contributed by atoms with Gasteiger partial charge in [-0.25, -0.2) is 4.98 Å². The summed E-state index contributed by atoms with van der Waals surface area (Å²) in [4.78, 5) is 15.5. The third kappa shape index (κ3) is 10.3. The summed E-state index contributed by atoms with van der Waals surface area (Å²) in [6, 6.07) is 152. The minimum atomic E-state index is 0.0305. The summed E-state index contributed by atoms with van der Waals surface area (Å²) in [7, 11) is 0. The van der Waals surface area contributed by atoms with Gasteiger partial charge < -0.3 is 4.57 Å². The Morgan fingerprint density at radius 3 is 0.983 bits per heavy atom. The molecule has 0 bridgehead atoms. The Bertz CT molecular complexity index is 7250. The van der Waals surface area contributed by atoms with E-state index in [0.29, 0.717) is 17.6 Å². The molecule has 542 valence electrons. The maximum Gasteiger partial charge on any atom is 0.238 e. The van der Waals surface area contributed by atoms with Crippen molar-refractivity contribution < 1.29 is 0 Å². The van der Waals surface area contributed by atoms with Crippen LogP contribution in [0.5, 0.6) is 0 Å². The largest absolute Gasteiger partial charge is 0.309 e. The second-order valence-electron chi connectivity index (χ2n) is 31.9. The van der Waals surface area contributed by atoms with E-state index in [9.17, 15) is 0 Å². The van der Waals surface area contributed by atoms with Gasteiger partial charge in [-0.1, -0.05) is 346 Å². The Morgan fingerprint density at radius 1 is 0.190 bits per heavy atom. The first-order valence-electron chi connectivity index (χ1n) is 40.6. The summed E-state index contributed by atoms with van der Waals surface area (Å²) in [5, 5.41) is 4.73. The van der Waals surface area contributed by atoms with Gasteiger partial charge in [0.15, 0.2) is 11.6 Å². The Hall–Kier alpha value is -14.7. The van der Waals surface area contributed by atoms with Crippen LogP contribution in [0.2, 0.25) is 0 Å². The van der Waals surface area contributed by atoms with Crippen LogP contribution in [0.4, 0.5) is 0 Å². The van der Waals surface area contributed by atoms with E-state index in [-0.39, 0.29) is 35.5 Å². The molecule has 5 heteroatoms. The van der Waals surface area contributed by atoms with E-state index in [0.717, 1.165) is 49.7 Å². The zero-order chi connectivity index (χ0) is 76.1. The summed E-state index contributed by atoms with van der Waals surface area (Å²) in [5.41, 5.74) is 38.8. The maximum absolute atomic E-state index is 5.22. The van der Waals surface area contributed by atoms with Crippen molar-refractivity contribution in [2.24, 2.45) is 0 Å². The SMILES string of the molecule is c1ccc(-c2nc(-c3ccccc3)nc(-n3c4ccccc4c4cc(-c5ccc(C6c7ccccc7-c7cc(-c8cccc(-n9c%10ccccc%10c%10cc(-c%11ccc(C%12c%13ccccc%13-c%13cccc%14c%13C%12C(c%12ccccc%12)c%12ccccc%12-%14)cc%11)ccc%109)c8)cc8c7C6C(c6ccccc6)c6ccccc6-8)cc5)ccc43)n2)cc1. The fourth-order valence-corrected chi connectivity index (χ4v) is 21.1. The Labute approximate surface area is 673 Å². The van der Waals surface area contributed by atoms with Gasteiger partial charge in [0.1, 0.15) is 0 Å². The third-order valence-electron chi connectivity index (χ3n) is 25.9. The molecule has 4 aliphatic carbocycles. The van der Waals surface area contributed by atoms with Gasteiger partial charge in [0, 0.05) is 73.9 Å². The Balaban J connectivity index is 0.590. The summed E-state index contributed by atoms with van der Waals surface area (Å²) in [5.74, 6) is 2.51. The number of benzene rings is 17. The lowest BCUT2D eigenvalue weighted by molar-refractivity contribution is 0.530. The first-order chi connectivity index (χ1) is 57.6. The second kappa shape index (κ2) is 26.5. The number of hydrogen-bond donors (Lipinski definition) is 0. The van der Waals surface area contributed by atoms with E-state index in [2.05, 4.69) is 379 Å². The monoisotopic (exact) mass is 1480 g/mol. The molecule has 0 radical (unpaired) electrons. The molecule has 0 spiro atoms. The standard InChI is InChI=1S/C111H73N5/c1-5-27-70(28-6-1)101-87-43-17-13-37-81(87)91-47-26-48-92-82-38-14-18-44-88(82)103(107(101)105(91)92)72-55-51-68(52-56-72)77-59-61-99-93(64-77)85-41-21-23-49-97(85)115(99)80-36-25-35-76(63-80)79-66-95-83-39-15-19-45-89(83)102(71-29-7-2-8-30-71)108-104(90-46-20-16-40-84(90)96(67-79)106(95)108)73-57-53-69(54-58-73)78-60-62-100-94(65-78)86-42-22-24-50-98(86)116(100)111-113-109(74-31-9-3-10-32-74)112-110(114-111)75-33-11-4-12-34-75/h1-67,101-104,107-108H. The molecular weight excluding hydrogens is 1400 g/mol. The lowest BCUT2D eigenvalue weighted by Gasteiger charge is -2.45. The fourth-order valence-electron chi connectivity index (χ4n) is 21.1. The molecule has 5 nitrogen and oxygen atoms in total. The van der Waals surface area contributed by atoms with Crippen LogP contribution in [-0.2, 0) is 0 Å². The molecule has 0 aliphatic heterocycles. The average molecular weight is 1480 g/mol.